The number of nitrogens with one attached hydrogen (secondary N) is 1. The van der Waals surface area contributed by atoms with Crippen LogP contribution in [0.25, 0.3) is 21.9 Å². The molecule has 2 heterocycles. The number of rotatable bonds is 5. The number of thiazole rings is 1. The Morgan fingerprint density at radius 1 is 0.930 bits per heavy atom. The first-order chi connectivity index (χ1) is 20.1. The van der Waals surface area contributed by atoms with Gasteiger partial charge in [-0.3, -0.25) is 9.52 Å². The van der Waals surface area contributed by atoms with Crippen LogP contribution in [0.3, 0.4) is 0 Å². The molecule has 1 fully saturated rings. The summed E-state index contributed by atoms with van der Waals surface area (Å²) in [5, 5.41) is 3.36. The van der Waals surface area contributed by atoms with E-state index in [1.54, 1.807) is 29.6 Å². The van der Waals surface area contributed by atoms with Crippen molar-refractivity contribution >= 4 is 48.7 Å². The lowest BCUT2D eigenvalue weighted by molar-refractivity contribution is -0.168. The summed E-state index contributed by atoms with van der Waals surface area (Å²) >= 11 is 1.18. The number of piperazine rings is 1. The molecule has 43 heavy (non-hydrogen) atoms. The molecule has 0 amide bonds. The summed E-state index contributed by atoms with van der Waals surface area (Å²) in [6, 6.07) is 14.0. The van der Waals surface area contributed by atoms with Gasteiger partial charge in [0.1, 0.15) is 0 Å². The zero-order valence-corrected chi connectivity index (χ0v) is 24.5. The minimum atomic E-state index is -4.64. The van der Waals surface area contributed by atoms with E-state index in [2.05, 4.69) is 14.6 Å². The highest BCUT2D eigenvalue weighted by atomic mass is 32.2. The molecule has 0 aliphatic carbocycles. The van der Waals surface area contributed by atoms with Crippen LogP contribution in [0.2, 0.25) is 0 Å². The largest absolute Gasteiger partial charge is 0.449 e. The molecule has 1 aliphatic rings. The second-order valence-corrected chi connectivity index (χ2v) is 12.3. The third kappa shape index (κ3) is 7.83. The van der Waals surface area contributed by atoms with Gasteiger partial charge in [-0.1, -0.05) is 30.3 Å². The number of halogens is 6. The lowest BCUT2D eigenvalue weighted by atomic mass is 9.95. The molecular formula is C28H26F6N4O3S2. The summed E-state index contributed by atoms with van der Waals surface area (Å²) < 4.78 is 101. The van der Waals surface area contributed by atoms with Gasteiger partial charge in [0.05, 0.1) is 10.5 Å². The van der Waals surface area contributed by atoms with Gasteiger partial charge in [-0.2, -0.15) is 26.3 Å². The van der Waals surface area contributed by atoms with Crippen molar-refractivity contribution in [1.82, 2.24) is 9.88 Å². The van der Waals surface area contributed by atoms with Gasteiger partial charge < -0.3 is 9.80 Å². The number of sulfonamides is 1. The smallest absolute Gasteiger partial charge is 0.368 e. The number of ketones is 1. The topological polar surface area (TPSA) is 82.6 Å². The summed E-state index contributed by atoms with van der Waals surface area (Å²) in [4.78, 5) is 17.5. The normalized spacial score (nSPS) is 14.7. The SMILES string of the molecule is CC(=O)C(F)(F)F.CN1CCN(c2cc(C(F)(F)F)ccc2-c2cccc3cc(S(=O)(=O)Nc4nccs4)ccc23)CC1. The first-order valence-corrected chi connectivity index (χ1v) is 15.1. The number of Topliss-reactive ketones (excluding diaryl/α,β-unsaturated/α-hetero) is 1. The molecule has 1 aromatic heterocycles. The Morgan fingerprint density at radius 2 is 1.60 bits per heavy atom. The Bertz CT molecular complexity index is 1700. The number of nitrogens with zero attached hydrogens (tertiary/aromatic N) is 3. The van der Waals surface area contributed by atoms with Crippen LogP contribution in [0.1, 0.15) is 12.5 Å². The van der Waals surface area contributed by atoms with Crippen LogP contribution in [0.5, 0.6) is 0 Å². The highest BCUT2D eigenvalue weighted by molar-refractivity contribution is 7.93. The van der Waals surface area contributed by atoms with E-state index in [4.69, 9.17) is 0 Å². The molecule has 0 radical (unpaired) electrons. The number of carbonyl (C=O) groups is 1. The van der Waals surface area contributed by atoms with E-state index >= 15 is 0 Å². The van der Waals surface area contributed by atoms with Crippen molar-refractivity contribution in [2.75, 3.05) is 42.8 Å². The number of aromatic nitrogens is 1. The lowest BCUT2D eigenvalue weighted by Crippen LogP contribution is -2.44. The van der Waals surface area contributed by atoms with Gasteiger partial charge in [-0.25, -0.2) is 13.4 Å². The van der Waals surface area contributed by atoms with Crippen molar-refractivity contribution in [2.24, 2.45) is 0 Å². The Balaban J connectivity index is 0.000000541. The zero-order chi connectivity index (χ0) is 31.6. The number of fused-ring (bicyclic) bond motifs is 1. The molecule has 3 aromatic carbocycles. The summed E-state index contributed by atoms with van der Waals surface area (Å²) in [7, 11) is -1.85. The number of benzene rings is 3. The van der Waals surface area contributed by atoms with Crippen molar-refractivity contribution in [3.8, 4) is 11.1 Å². The molecule has 4 aromatic rings. The molecule has 5 rings (SSSR count). The summed E-state index contributed by atoms with van der Waals surface area (Å²) in [6.07, 6.45) is -7.58. The molecule has 1 saturated heterocycles. The molecule has 7 nitrogen and oxygen atoms in total. The van der Waals surface area contributed by atoms with E-state index in [0.717, 1.165) is 30.1 Å². The molecule has 1 aliphatic heterocycles. The van der Waals surface area contributed by atoms with Gasteiger partial charge in [0.25, 0.3) is 10.0 Å². The zero-order valence-electron chi connectivity index (χ0n) is 22.8. The minimum Gasteiger partial charge on any atom is -0.368 e. The molecule has 0 bridgehead atoms. The standard InChI is InChI=1S/C25H23F3N4O2S2.C3H3F3O/c1-31-10-12-32(13-11-31)23-16-18(25(26,27)28)5-7-22(23)21-4-2-3-17-15-19(6-8-20(17)21)36(33,34)30-24-29-9-14-35-24;1-2(7)3(4,5)6/h2-9,14-16H,10-13H2,1H3,(H,29,30);1H3. The number of alkyl halides is 6. The van der Waals surface area contributed by atoms with Crippen LogP contribution in [-0.4, -0.2) is 63.5 Å². The number of anilines is 2. The van der Waals surface area contributed by atoms with Crippen molar-refractivity contribution in [2.45, 2.75) is 24.2 Å². The molecule has 0 spiro atoms. The Labute approximate surface area is 247 Å². The average Bonchev–Trinajstić information content (AvgIpc) is 3.44. The Morgan fingerprint density at radius 3 is 2.19 bits per heavy atom. The van der Waals surface area contributed by atoms with Crippen LogP contribution in [-0.2, 0) is 21.0 Å². The van der Waals surface area contributed by atoms with E-state index < -0.39 is 33.7 Å². The lowest BCUT2D eigenvalue weighted by Gasteiger charge is -2.35. The second-order valence-electron chi connectivity index (χ2n) is 9.71. The van der Waals surface area contributed by atoms with E-state index in [9.17, 15) is 39.6 Å². The van der Waals surface area contributed by atoms with Crippen LogP contribution in [0.15, 0.2) is 71.1 Å². The second kappa shape index (κ2) is 12.5. The monoisotopic (exact) mass is 644 g/mol. The molecular weight excluding hydrogens is 618 g/mol. The number of likely N-dealkylation sites (N-methyl/N-ethyl adjacent to an activating group) is 1. The first-order valence-electron chi connectivity index (χ1n) is 12.7. The molecule has 1 N–H and O–H groups in total. The predicted molar refractivity (Wildman–Crippen MR) is 154 cm³/mol. The van der Waals surface area contributed by atoms with Gasteiger partial charge in [0.15, 0.2) is 5.13 Å². The summed E-state index contributed by atoms with van der Waals surface area (Å²) in [6.45, 7) is 3.21. The third-order valence-corrected chi connectivity index (χ3v) is 8.83. The van der Waals surface area contributed by atoms with Crippen molar-refractivity contribution in [3.05, 3.63) is 71.7 Å². The highest BCUT2D eigenvalue weighted by Crippen LogP contribution is 2.40. The highest BCUT2D eigenvalue weighted by Gasteiger charge is 2.34. The van der Waals surface area contributed by atoms with Gasteiger partial charge in [0.2, 0.25) is 5.78 Å². The maximum absolute atomic E-state index is 13.6. The van der Waals surface area contributed by atoms with Gasteiger partial charge in [-0.05, 0) is 47.6 Å². The quantitative estimate of drug-likeness (QED) is 0.245. The Hall–Kier alpha value is -3.69. The predicted octanol–water partition coefficient (Wildman–Crippen LogP) is 6.67. The summed E-state index contributed by atoms with van der Waals surface area (Å²) in [5.41, 5.74) is 1.25. The maximum atomic E-state index is 13.6. The molecule has 0 unspecified atom stereocenters. The van der Waals surface area contributed by atoms with Crippen LogP contribution >= 0.6 is 11.3 Å². The van der Waals surface area contributed by atoms with Crippen molar-refractivity contribution in [3.63, 3.8) is 0 Å². The molecule has 15 heteroatoms. The van der Waals surface area contributed by atoms with Crippen LogP contribution in [0, 0.1) is 0 Å². The van der Waals surface area contributed by atoms with E-state index in [1.807, 2.05) is 18.0 Å². The molecule has 0 atom stereocenters. The van der Waals surface area contributed by atoms with E-state index in [1.165, 1.54) is 35.7 Å². The molecule has 230 valence electrons. The number of hydrogen-bond donors (Lipinski definition) is 1. The van der Waals surface area contributed by atoms with E-state index in [0.29, 0.717) is 36.7 Å². The third-order valence-electron chi connectivity index (χ3n) is 6.67. The van der Waals surface area contributed by atoms with Crippen molar-refractivity contribution < 1.29 is 39.6 Å². The van der Waals surface area contributed by atoms with Crippen molar-refractivity contribution in [1.29, 1.82) is 0 Å². The minimum absolute atomic E-state index is 0.0778. The Kier molecular flexibility index (Phi) is 9.37. The average molecular weight is 645 g/mol. The number of carbonyl (C=O) groups excluding carboxylic acids is 1. The van der Waals surface area contributed by atoms with Gasteiger partial charge >= 0.3 is 12.4 Å². The fourth-order valence-electron chi connectivity index (χ4n) is 4.36. The fourth-order valence-corrected chi connectivity index (χ4v) is 6.18. The van der Waals surface area contributed by atoms with Crippen LogP contribution < -0.4 is 9.62 Å². The van der Waals surface area contributed by atoms with E-state index in [-0.39, 0.29) is 10.0 Å². The number of hydrogen-bond acceptors (Lipinski definition) is 7. The fraction of sp³-hybridized carbons (Fsp3) is 0.286. The first kappa shape index (κ1) is 32.2. The summed E-state index contributed by atoms with van der Waals surface area (Å²) in [5.74, 6) is -1.76. The van der Waals surface area contributed by atoms with Gasteiger partial charge in [0, 0.05) is 55.9 Å². The maximum Gasteiger partial charge on any atom is 0.449 e. The molecule has 0 saturated carbocycles. The van der Waals surface area contributed by atoms with Gasteiger partial charge in [-0.15, -0.1) is 11.3 Å². The van der Waals surface area contributed by atoms with Crippen LogP contribution in [0.4, 0.5) is 37.2 Å².